The van der Waals surface area contributed by atoms with E-state index in [-0.39, 0.29) is 41.5 Å². The Bertz CT molecular complexity index is 1050. The Morgan fingerprint density at radius 2 is 2.03 bits per heavy atom. The fourth-order valence-electron chi connectivity index (χ4n) is 4.26. The Labute approximate surface area is 197 Å². The maximum atomic E-state index is 13.5. The Morgan fingerprint density at radius 1 is 1.30 bits per heavy atom. The smallest absolute Gasteiger partial charge is 0.247 e. The molecule has 4 rings (SSSR count). The average molecular weight is 475 g/mol. The Balaban J connectivity index is 1.68. The molecule has 0 bridgehead atoms. The molecular formula is C25H34N2O5S. The molecule has 3 aliphatic rings. The molecule has 0 aromatic heterocycles. The molecule has 3 atom stereocenters. The standard InChI is InChI=1S/C25H34N2O5S/c1-17-14-27(18(2)16-28)33(30,31)24-12-11-20(10-9-19-7-8-19)13-22(24)32-23(17)15-26(3)25(29)21-5-4-6-21/h11-13,17-19,21,23,28H,4-8,14-16H2,1-3H3/t17-,18-,23-/m1/s1. The van der Waals surface area contributed by atoms with Crippen LogP contribution in [0.25, 0.3) is 0 Å². The molecule has 33 heavy (non-hydrogen) atoms. The van der Waals surface area contributed by atoms with Gasteiger partial charge in [0.2, 0.25) is 15.9 Å². The summed E-state index contributed by atoms with van der Waals surface area (Å²) in [6.45, 7) is 3.92. The molecule has 0 unspecified atom stereocenters. The third-order valence-corrected chi connectivity index (χ3v) is 8.97. The van der Waals surface area contributed by atoms with E-state index in [1.54, 1.807) is 37.1 Å². The number of amides is 1. The largest absolute Gasteiger partial charge is 0.487 e. The van der Waals surface area contributed by atoms with Gasteiger partial charge in [0.1, 0.15) is 16.7 Å². The van der Waals surface area contributed by atoms with Gasteiger partial charge in [-0.15, -0.1) is 0 Å². The highest BCUT2D eigenvalue weighted by Gasteiger charge is 2.39. The van der Waals surface area contributed by atoms with Crippen LogP contribution in [0.4, 0.5) is 0 Å². The number of aliphatic hydroxyl groups excluding tert-OH is 1. The molecule has 8 heteroatoms. The molecule has 1 aromatic carbocycles. The van der Waals surface area contributed by atoms with Crippen molar-refractivity contribution in [1.29, 1.82) is 0 Å². The van der Waals surface area contributed by atoms with E-state index < -0.39 is 22.2 Å². The molecular weight excluding hydrogens is 440 g/mol. The predicted octanol–water partition coefficient (Wildman–Crippen LogP) is 2.48. The van der Waals surface area contributed by atoms with Crippen LogP contribution in [0.15, 0.2) is 23.1 Å². The first-order valence-corrected chi connectivity index (χ1v) is 13.3. The number of sulfonamides is 1. The summed E-state index contributed by atoms with van der Waals surface area (Å²) in [5.74, 6) is 7.04. The summed E-state index contributed by atoms with van der Waals surface area (Å²) in [6.07, 6.45) is 4.76. The molecule has 0 saturated heterocycles. The van der Waals surface area contributed by atoms with Gasteiger partial charge in [0.25, 0.3) is 0 Å². The lowest BCUT2D eigenvalue weighted by Gasteiger charge is -2.38. The first-order chi connectivity index (χ1) is 15.7. The summed E-state index contributed by atoms with van der Waals surface area (Å²) < 4.78 is 34.7. The number of rotatable bonds is 5. The summed E-state index contributed by atoms with van der Waals surface area (Å²) in [4.78, 5) is 14.5. The van der Waals surface area contributed by atoms with E-state index in [4.69, 9.17) is 4.74 Å². The minimum absolute atomic E-state index is 0.0737. The molecule has 2 saturated carbocycles. The molecule has 1 aliphatic heterocycles. The highest BCUT2D eigenvalue weighted by molar-refractivity contribution is 7.89. The van der Waals surface area contributed by atoms with Gasteiger partial charge in [-0.25, -0.2) is 8.42 Å². The monoisotopic (exact) mass is 474 g/mol. The molecule has 0 radical (unpaired) electrons. The Morgan fingerprint density at radius 3 is 2.64 bits per heavy atom. The predicted molar refractivity (Wildman–Crippen MR) is 125 cm³/mol. The lowest BCUT2D eigenvalue weighted by molar-refractivity contribution is -0.138. The van der Waals surface area contributed by atoms with Crippen molar-refractivity contribution < 1.29 is 23.1 Å². The molecule has 0 spiro atoms. The number of benzene rings is 1. The first-order valence-electron chi connectivity index (χ1n) is 11.9. The molecule has 2 aliphatic carbocycles. The summed E-state index contributed by atoms with van der Waals surface area (Å²) in [6, 6.07) is 4.38. The molecule has 7 nitrogen and oxygen atoms in total. The Hall–Kier alpha value is -2.08. The molecule has 1 N–H and O–H groups in total. The van der Waals surface area contributed by atoms with Gasteiger partial charge in [-0.3, -0.25) is 4.79 Å². The molecule has 1 aromatic rings. The van der Waals surface area contributed by atoms with Crippen LogP contribution >= 0.6 is 0 Å². The van der Waals surface area contributed by atoms with Crippen molar-refractivity contribution in [2.24, 2.45) is 17.8 Å². The third kappa shape index (κ3) is 5.21. The van der Waals surface area contributed by atoms with Gasteiger partial charge in [-0.05, 0) is 50.8 Å². The molecule has 1 heterocycles. The lowest BCUT2D eigenvalue weighted by Crippen LogP contribution is -2.50. The van der Waals surface area contributed by atoms with Crippen molar-refractivity contribution in [3.05, 3.63) is 23.8 Å². The van der Waals surface area contributed by atoms with E-state index in [1.807, 2.05) is 6.92 Å². The topological polar surface area (TPSA) is 87.2 Å². The first kappa shape index (κ1) is 24.1. The number of fused-ring (bicyclic) bond motifs is 1. The van der Waals surface area contributed by atoms with Crippen LogP contribution in [-0.4, -0.2) is 67.5 Å². The van der Waals surface area contributed by atoms with E-state index in [2.05, 4.69) is 11.8 Å². The second-order valence-electron chi connectivity index (χ2n) is 9.79. The Kier molecular flexibility index (Phi) is 7.04. The van der Waals surface area contributed by atoms with Gasteiger partial charge in [0, 0.05) is 43.0 Å². The number of likely N-dealkylation sites (N-methyl/N-ethyl adjacent to an activating group) is 1. The zero-order chi connectivity index (χ0) is 23.8. The minimum Gasteiger partial charge on any atom is -0.487 e. The summed E-state index contributed by atoms with van der Waals surface area (Å²) >= 11 is 0. The van der Waals surface area contributed by atoms with Gasteiger partial charge in [0.05, 0.1) is 13.2 Å². The minimum atomic E-state index is -3.88. The third-order valence-electron chi connectivity index (χ3n) is 6.95. The number of carbonyl (C=O) groups excluding carboxylic acids is 1. The van der Waals surface area contributed by atoms with Crippen LogP contribution < -0.4 is 4.74 Å². The van der Waals surface area contributed by atoms with E-state index in [0.717, 1.165) is 32.1 Å². The summed E-state index contributed by atoms with van der Waals surface area (Å²) in [7, 11) is -2.09. The van der Waals surface area contributed by atoms with Crippen LogP contribution in [0.2, 0.25) is 0 Å². The number of hydrogen-bond donors (Lipinski definition) is 1. The second kappa shape index (κ2) is 9.65. The molecule has 2 fully saturated rings. The maximum Gasteiger partial charge on any atom is 0.247 e. The van der Waals surface area contributed by atoms with Gasteiger partial charge >= 0.3 is 0 Å². The van der Waals surface area contributed by atoms with E-state index in [0.29, 0.717) is 18.0 Å². The van der Waals surface area contributed by atoms with Crippen molar-refractivity contribution in [3.63, 3.8) is 0 Å². The normalized spacial score (nSPS) is 25.8. The average Bonchev–Trinajstić information content (AvgIpc) is 3.57. The highest BCUT2D eigenvalue weighted by Crippen LogP contribution is 2.35. The van der Waals surface area contributed by atoms with Crippen molar-refractivity contribution in [1.82, 2.24) is 9.21 Å². The van der Waals surface area contributed by atoms with Crippen molar-refractivity contribution >= 4 is 15.9 Å². The fourth-order valence-corrected chi connectivity index (χ4v) is 6.09. The van der Waals surface area contributed by atoms with Gasteiger partial charge < -0.3 is 14.7 Å². The van der Waals surface area contributed by atoms with Crippen LogP contribution in [0.1, 0.15) is 51.5 Å². The van der Waals surface area contributed by atoms with Crippen molar-refractivity contribution in [2.45, 2.75) is 63.0 Å². The fraction of sp³-hybridized carbons (Fsp3) is 0.640. The lowest BCUT2D eigenvalue weighted by atomic mass is 9.84. The number of ether oxygens (including phenoxy) is 1. The van der Waals surface area contributed by atoms with E-state index >= 15 is 0 Å². The SMILES string of the molecule is C[C@@H]1CN([C@H](C)CO)S(=O)(=O)c2ccc(C#CC3CC3)cc2O[C@@H]1CN(C)C(=O)C1CCC1. The zero-order valence-electron chi connectivity index (χ0n) is 19.7. The quantitative estimate of drug-likeness (QED) is 0.663. The van der Waals surface area contributed by atoms with Crippen molar-refractivity contribution in [2.75, 3.05) is 26.7 Å². The summed E-state index contributed by atoms with van der Waals surface area (Å²) in [5, 5.41) is 9.76. The number of nitrogens with zero attached hydrogens (tertiary/aromatic N) is 2. The van der Waals surface area contributed by atoms with Crippen LogP contribution in [0, 0.1) is 29.6 Å². The molecule has 1 amide bonds. The van der Waals surface area contributed by atoms with E-state index in [1.165, 1.54) is 4.31 Å². The van der Waals surface area contributed by atoms with Crippen molar-refractivity contribution in [3.8, 4) is 17.6 Å². The van der Waals surface area contributed by atoms with Crippen LogP contribution in [0.3, 0.4) is 0 Å². The maximum absolute atomic E-state index is 13.5. The van der Waals surface area contributed by atoms with Gasteiger partial charge in [0.15, 0.2) is 0 Å². The van der Waals surface area contributed by atoms with Crippen LogP contribution in [0.5, 0.6) is 5.75 Å². The number of hydrogen-bond acceptors (Lipinski definition) is 5. The second-order valence-corrected chi connectivity index (χ2v) is 11.7. The number of aliphatic hydroxyl groups is 1. The van der Waals surface area contributed by atoms with E-state index in [9.17, 15) is 18.3 Å². The molecule has 180 valence electrons. The number of carbonyl (C=O) groups is 1. The van der Waals surface area contributed by atoms with Gasteiger partial charge in [-0.2, -0.15) is 4.31 Å². The van der Waals surface area contributed by atoms with Crippen LogP contribution in [-0.2, 0) is 14.8 Å². The zero-order valence-corrected chi connectivity index (χ0v) is 20.5. The summed E-state index contributed by atoms with van der Waals surface area (Å²) in [5.41, 5.74) is 0.712. The van der Waals surface area contributed by atoms with Gasteiger partial charge in [-0.1, -0.05) is 25.2 Å². The highest BCUT2D eigenvalue weighted by atomic mass is 32.2.